The van der Waals surface area contributed by atoms with E-state index in [1.54, 1.807) is 11.1 Å². The second-order valence-electron chi connectivity index (χ2n) is 34.6. The van der Waals surface area contributed by atoms with Crippen molar-refractivity contribution in [2.75, 3.05) is 9.80 Å². The van der Waals surface area contributed by atoms with Gasteiger partial charge < -0.3 is 9.80 Å². The van der Waals surface area contributed by atoms with E-state index in [-0.39, 0.29) is 27.1 Å². The summed E-state index contributed by atoms with van der Waals surface area (Å²) in [5.41, 5.74) is 39.6. The van der Waals surface area contributed by atoms with Crippen LogP contribution in [0, 0.1) is 11.8 Å². The molecule has 0 amide bonds. The third-order valence-electron chi connectivity index (χ3n) is 26.5. The molecular weight excluding hydrogens is 1240 g/mol. The molecule has 6 aliphatic rings. The van der Waals surface area contributed by atoms with E-state index in [0.717, 1.165) is 18.8 Å². The molecule has 512 valence electrons. The molecule has 0 N–H and O–H groups in total. The number of benzene rings is 12. The predicted octanol–water partition coefficient (Wildman–Crippen LogP) is 28.1. The molecule has 2 bridgehead atoms. The summed E-state index contributed by atoms with van der Waals surface area (Å²) in [6.07, 6.45) is 7.41. The molecule has 103 heavy (non-hydrogen) atoms. The van der Waals surface area contributed by atoms with Crippen LogP contribution in [0.3, 0.4) is 0 Å². The molecule has 18 rings (SSSR count). The van der Waals surface area contributed by atoms with Crippen LogP contribution in [0.1, 0.15) is 213 Å². The molecule has 2 nitrogen and oxygen atoms in total. The van der Waals surface area contributed by atoms with Gasteiger partial charge in [-0.15, -0.1) is 0 Å². The van der Waals surface area contributed by atoms with Gasteiger partial charge in [0.2, 0.25) is 0 Å². The summed E-state index contributed by atoms with van der Waals surface area (Å²) >= 11 is 0. The Morgan fingerprint density at radius 2 is 0.806 bits per heavy atom. The van der Waals surface area contributed by atoms with Crippen molar-refractivity contribution in [2.45, 2.75) is 173 Å². The monoisotopic (exact) mass is 1340 g/mol. The normalized spacial score (nSPS) is 18.7. The highest BCUT2D eigenvalue weighted by molar-refractivity contribution is 5.96. The van der Waals surface area contributed by atoms with E-state index >= 15 is 0 Å². The van der Waals surface area contributed by atoms with E-state index in [1.807, 2.05) is 0 Å². The average molecular weight is 1340 g/mol. The van der Waals surface area contributed by atoms with E-state index in [4.69, 9.17) is 0 Å². The fourth-order valence-corrected chi connectivity index (χ4v) is 20.7. The summed E-state index contributed by atoms with van der Waals surface area (Å²) < 4.78 is 0. The zero-order valence-corrected chi connectivity index (χ0v) is 62.8. The van der Waals surface area contributed by atoms with Crippen LogP contribution >= 0.6 is 0 Å². The maximum atomic E-state index is 2.65. The van der Waals surface area contributed by atoms with Crippen molar-refractivity contribution in [3.8, 4) is 66.8 Å². The van der Waals surface area contributed by atoms with Gasteiger partial charge in [-0.3, -0.25) is 0 Å². The summed E-state index contributed by atoms with van der Waals surface area (Å²) in [5.74, 6) is 2.56. The van der Waals surface area contributed by atoms with Crippen LogP contribution in [0.5, 0.6) is 0 Å². The summed E-state index contributed by atoms with van der Waals surface area (Å²) in [6.45, 7) is 31.3. The molecule has 0 aromatic heterocycles. The van der Waals surface area contributed by atoms with Crippen molar-refractivity contribution in [1.29, 1.82) is 0 Å². The van der Waals surface area contributed by atoms with Crippen LogP contribution in [0.25, 0.3) is 66.8 Å². The molecule has 0 saturated heterocycles. The molecule has 12 aromatic carbocycles. The second kappa shape index (κ2) is 23.9. The largest absolute Gasteiger partial charge is 0.310 e. The summed E-state index contributed by atoms with van der Waals surface area (Å²) in [7, 11) is 0. The van der Waals surface area contributed by atoms with Gasteiger partial charge >= 0.3 is 0 Å². The van der Waals surface area contributed by atoms with Crippen LogP contribution in [0.15, 0.2) is 255 Å². The van der Waals surface area contributed by atoms with Gasteiger partial charge in [0.05, 0.1) is 11.4 Å². The van der Waals surface area contributed by atoms with E-state index in [2.05, 4.69) is 355 Å². The van der Waals surface area contributed by atoms with E-state index in [0.29, 0.717) is 23.7 Å². The molecule has 12 aromatic rings. The first-order valence-corrected chi connectivity index (χ1v) is 38.7. The van der Waals surface area contributed by atoms with Gasteiger partial charge in [0.15, 0.2) is 0 Å². The molecule has 1 spiro atoms. The standard InChI is InChI=1S/C101H98N2/c1-62(2)69-40-51-94(84(55-69)67-24-15-14-16-25-67)102(72-42-47-80-77-26-17-20-29-85(77)98(8,9)90(80)57-72)73-45-50-83-92(59-73)100(12,13)89-33-23-32-88(96(83)89)97(6,7)53-52-64(5)66-35-37-68(38-36-66)76-46-39-70(63(3)4)56-95(76)103(74-43-48-81-78-27-18-21-30-86(78)99(10,11)91(81)58-74)75-44-49-82-79-28-19-22-31-87(79)101(93(82)60-75)61-65-34-41-71(101)54-65/h14-33,35-40,42-51,55-60,62-65,71H,34,41,52-54,61H2,1-13H3. The van der Waals surface area contributed by atoms with Gasteiger partial charge in [-0.25, -0.2) is 0 Å². The minimum Gasteiger partial charge on any atom is -0.310 e. The number of rotatable bonds is 15. The first-order chi connectivity index (χ1) is 49.6. The number of nitrogens with zero attached hydrogens (tertiary/aromatic N) is 2. The lowest BCUT2D eigenvalue weighted by atomic mass is 9.67. The van der Waals surface area contributed by atoms with Crippen molar-refractivity contribution in [3.05, 3.63) is 322 Å². The summed E-state index contributed by atoms with van der Waals surface area (Å²) in [6, 6.07) is 99.8. The number of fused-ring (bicyclic) bond motifs is 17. The fourth-order valence-electron chi connectivity index (χ4n) is 20.7. The molecular formula is C101H98N2. The lowest BCUT2D eigenvalue weighted by Gasteiger charge is -2.37. The number of hydrogen-bond donors (Lipinski definition) is 0. The molecule has 0 heterocycles. The van der Waals surface area contributed by atoms with Crippen LogP contribution in [-0.4, -0.2) is 0 Å². The topological polar surface area (TPSA) is 6.48 Å². The van der Waals surface area contributed by atoms with Crippen molar-refractivity contribution in [2.24, 2.45) is 11.8 Å². The Balaban J connectivity index is 0.679. The van der Waals surface area contributed by atoms with E-state index in [1.165, 1.54) is 182 Å². The van der Waals surface area contributed by atoms with Crippen molar-refractivity contribution in [1.82, 2.24) is 0 Å². The van der Waals surface area contributed by atoms with Gasteiger partial charge in [0.1, 0.15) is 0 Å². The Morgan fingerprint density at radius 3 is 1.38 bits per heavy atom. The predicted molar refractivity (Wildman–Crippen MR) is 436 cm³/mol. The molecule has 4 unspecified atom stereocenters. The quantitative estimate of drug-likeness (QED) is 0.101. The number of anilines is 6. The van der Waals surface area contributed by atoms with Gasteiger partial charge in [0, 0.05) is 55.5 Å². The van der Waals surface area contributed by atoms with Gasteiger partial charge in [-0.2, -0.15) is 0 Å². The molecule has 4 atom stereocenters. The van der Waals surface area contributed by atoms with Crippen LogP contribution in [0.2, 0.25) is 0 Å². The average Bonchev–Trinajstić information content (AvgIpc) is 1.52. The first kappa shape index (κ1) is 65.3. The first-order valence-electron chi connectivity index (χ1n) is 38.7. The van der Waals surface area contributed by atoms with Gasteiger partial charge in [0.25, 0.3) is 0 Å². The van der Waals surface area contributed by atoms with E-state index < -0.39 is 0 Å². The minimum absolute atomic E-state index is 0.0619. The smallest absolute Gasteiger partial charge is 0.0542 e. The van der Waals surface area contributed by atoms with E-state index in [9.17, 15) is 0 Å². The van der Waals surface area contributed by atoms with Gasteiger partial charge in [-0.1, -0.05) is 284 Å². The molecule has 2 heteroatoms. The van der Waals surface area contributed by atoms with Crippen molar-refractivity contribution < 1.29 is 0 Å². The number of hydrogen-bond acceptors (Lipinski definition) is 2. The summed E-state index contributed by atoms with van der Waals surface area (Å²) in [4.78, 5) is 5.22. The highest BCUT2D eigenvalue weighted by Gasteiger charge is 2.57. The summed E-state index contributed by atoms with van der Waals surface area (Å²) in [5, 5.41) is 0. The highest BCUT2D eigenvalue weighted by Crippen LogP contribution is 2.67. The molecule has 0 aliphatic heterocycles. The Labute approximate surface area is 613 Å². The third kappa shape index (κ3) is 10.1. The highest BCUT2D eigenvalue weighted by atomic mass is 15.2. The fraction of sp³-hybridized carbons (Fsp3) is 0.287. The SMILES string of the molecule is CC(C)c1ccc(N(c2ccc3c(c2)C(C)(C)c2ccccc2-3)c2ccc3c(c2)C(C)(C)c2cccc(C(C)(C)CCC(C)c4ccc(-c5ccc(C(C)C)cc5N(c5ccc6c(c5)C(C)(C)c5ccccc5-6)c5ccc6c(c5)C5(CC7CCC5C7)c5ccccc5-6)cc4)c2-3)c(-c2ccccc2)c1. The van der Waals surface area contributed by atoms with Crippen molar-refractivity contribution >= 4 is 34.1 Å². The van der Waals surface area contributed by atoms with Gasteiger partial charge in [-0.05, 0) is 256 Å². The Bertz CT molecular complexity index is 5400. The minimum atomic E-state index is -0.235. The molecule has 6 aliphatic carbocycles. The van der Waals surface area contributed by atoms with Crippen LogP contribution in [0.4, 0.5) is 34.1 Å². The van der Waals surface area contributed by atoms with Crippen molar-refractivity contribution in [3.63, 3.8) is 0 Å². The Morgan fingerprint density at radius 1 is 0.359 bits per heavy atom. The second-order valence-corrected chi connectivity index (χ2v) is 34.6. The molecule has 2 saturated carbocycles. The van der Waals surface area contributed by atoms with Crippen LogP contribution in [-0.2, 0) is 27.1 Å². The molecule has 0 radical (unpaired) electrons. The zero-order valence-electron chi connectivity index (χ0n) is 62.8. The maximum absolute atomic E-state index is 2.65. The lowest BCUT2D eigenvalue weighted by molar-refractivity contribution is 0.327. The zero-order chi connectivity index (χ0) is 70.8. The maximum Gasteiger partial charge on any atom is 0.0542 e. The Kier molecular flexibility index (Phi) is 15.1. The lowest BCUT2D eigenvalue weighted by Crippen LogP contribution is -2.32. The van der Waals surface area contributed by atoms with Crippen LogP contribution < -0.4 is 9.80 Å². The molecule has 2 fully saturated rings. The third-order valence-corrected chi connectivity index (χ3v) is 26.5. The Hall–Kier alpha value is -9.76.